The maximum Gasteiger partial charge on any atom is 0.299 e. The molecule has 0 radical (unpaired) electrons. The lowest BCUT2D eigenvalue weighted by molar-refractivity contribution is -0.124. The van der Waals surface area contributed by atoms with E-state index in [-0.39, 0.29) is 18.5 Å². The molecule has 1 heterocycles. The number of alkyl halides is 2. The molecular formula is C11H10F2N2O2S. The third kappa shape index (κ3) is 2.98. The highest BCUT2D eigenvalue weighted by molar-refractivity contribution is 7.99. The smallest absolute Gasteiger partial charge is 0.299 e. The van der Waals surface area contributed by atoms with Gasteiger partial charge in [-0.25, -0.2) is 0 Å². The summed E-state index contributed by atoms with van der Waals surface area (Å²) in [4.78, 5) is 17.0. The maximum absolute atomic E-state index is 12.2. The molecule has 4 nitrogen and oxygen atoms in total. The van der Waals surface area contributed by atoms with Crippen molar-refractivity contribution in [2.24, 2.45) is 4.99 Å². The molecule has 7 heteroatoms. The van der Waals surface area contributed by atoms with Crippen LogP contribution in [0.3, 0.4) is 0 Å². The normalized spacial score (nSPS) is 17.7. The van der Waals surface area contributed by atoms with Crippen molar-refractivity contribution < 1.29 is 18.3 Å². The van der Waals surface area contributed by atoms with Gasteiger partial charge in [-0.05, 0) is 18.2 Å². The molecule has 1 saturated heterocycles. The van der Waals surface area contributed by atoms with Gasteiger partial charge in [-0.1, -0.05) is 17.8 Å². The Labute approximate surface area is 107 Å². The van der Waals surface area contributed by atoms with Crippen LogP contribution in [0.4, 0.5) is 14.5 Å². The van der Waals surface area contributed by atoms with Gasteiger partial charge < -0.3 is 4.74 Å². The molecule has 2 rings (SSSR count). The molecule has 96 valence electrons. The maximum atomic E-state index is 12.2. The Morgan fingerprint density at radius 3 is 2.89 bits per heavy atom. The summed E-state index contributed by atoms with van der Waals surface area (Å²) in [6, 6.07) is 6.55. The number of amidine groups is 1. The number of carbonyl (C=O) groups is 1. The molecule has 0 aliphatic carbocycles. The number of rotatable bonds is 3. The lowest BCUT2D eigenvalue weighted by Gasteiger charge is -2.06. The number of likely N-dealkylation sites (N-methyl/N-ethyl adjacent to an activating group) is 1. The van der Waals surface area contributed by atoms with Crippen molar-refractivity contribution in [2.75, 3.05) is 13.7 Å². The monoisotopic (exact) mass is 272 g/mol. The lowest BCUT2D eigenvalue weighted by Crippen LogP contribution is -2.24. The summed E-state index contributed by atoms with van der Waals surface area (Å²) in [6.07, 6.45) is 0. The van der Waals surface area contributed by atoms with E-state index < -0.39 is 5.76 Å². The Hall–Kier alpha value is -1.63. The molecule has 0 bridgehead atoms. The second-order valence-electron chi connectivity index (χ2n) is 3.51. The quantitative estimate of drug-likeness (QED) is 0.794. The van der Waals surface area contributed by atoms with Gasteiger partial charge in [0, 0.05) is 11.9 Å². The number of ether oxygens (including phenoxy) is 1. The number of aliphatic imine (C=N–C) groups is 1. The highest BCUT2D eigenvalue weighted by atomic mass is 32.2. The van der Waals surface area contributed by atoms with E-state index in [9.17, 15) is 13.6 Å². The molecule has 0 spiro atoms. The zero-order valence-corrected chi connectivity index (χ0v) is 10.3. The first-order valence-electron chi connectivity index (χ1n) is 5.09. The topological polar surface area (TPSA) is 41.9 Å². The Kier molecular flexibility index (Phi) is 3.81. The van der Waals surface area contributed by atoms with Gasteiger partial charge in [0.25, 0.3) is 17.7 Å². The SMILES string of the molecule is CN1C(=O)COC1=Nc1cccc(SC(F)F)c1. The Morgan fingerprint density at radius 1 is 1.50 bits per heavy atom. The summed E-state index contributed by atoms with van der Waals surface area (Å²) in [5, 5.41) is 0. The number of amides is 1. The molecule has 1 aromatic rings. The van der Waals surface area contributed by atoms with E-state index >= 15 is 0 Å². The van der Waals surface area contributed by atoms with E-state index in [4.69, 9.17) is 4.74 Å². The van der Waals surface area contributed by atoms with Crippen LogP contribution in [0.15, 0.2) is 34.2 Å². The van der Waals surface area contributed by atoms with Gasteiger partial charge in [0.15, 0.2) is 6.61 Å². The zero-order valence-electron chi connectivity index (χ0n) is 9.47. The van der Waals surface area contributed by atoms with Crippen LogP contribution >= 0.6 is 11.8 Å². The first kappa shape index (κ1) is 12.8. The van der Waals surface area contributed by atoms with E-state index in [0.717, 1.165) is 0 Å². The number of halogens is 2. The van der Waals surface area contributed by atoms with Crippen molar-refractivity contribution in [1.82, 2.24) is 4.90 Å². The van der Waals surface area contributed by atoms with Gasteiger partial charge in [-0.2, -0.15) is 13.8 Å². The summed E-state index contributed by atoms with van der Waals surface area (Å²) in [6.45, 7) is -0.0409. The Balaban J connectivity index is 2.19. The number of nitrogens with zero attached hydrogens (tertiary/aromatic N) is 2. The summed E-state index contributed by atoms with van der Waals surface area (Å²) in [5.41, 5.74) is 0.470. The molecule has 0 aromatic heterocycles. The first-order valence-corrected chi connectivity index (χ1v) is 5.97. The summed E-state index contributed by atoms with van der Waals surface area (Å²) < 4.78 is 29.5. The van der Waals surface area contributed by atoms with Crippen molar-refractivity contribution in [3.63, 3.8) is 0 Å². The van der Waals surface area contributed by atoms with Gasteiger partial charge in [-0.15, -0.1) is 0 Å². The van der Waals surface area contributed by atoms with Crippen LogP contribution in [0.2, 0.25) is 0 Å². The fourth-order valence-corrected chi connectivity index (χ4v) is 1.93. The molecule has 1 fully saturated rings. The highest BCUT2D eigenvalue weighted by Crippen LogP contribution is 2.28. The molecule has 1 aromatic carbocycles. The predicted molar refractivity (Wildman–Crippen MR) is 64.1 cm³/mol. The minimum absolute atomic E-state index is 0.0409. The van der Waals surface area contributed by atoms with Gasteiger partial charge in [0.1, 0.15) is 0 Å². The molecule has 0 saturated carbocycles. The minimum atomic E-state index is -2.47. The van der Waals surface area contributed by atoms with E-state index in [2.05, 4.69) is 4.99 Å². The highest BCUT2D eigenvalue weighted by Gasteiger charge is 2.25. The van der Waals surface area contributed by atoms with Crippen molar-refractivity contribution in [3.8, 4) is 0 Å². The van der Waals surface area contributed by atoms with E-state index in [0.29, 0.717) is 22.3 Å². The predicted octanol–water partition coefficient (Wildman–Crippen LogP) is 2.48. The van der Waals surface area contributed by atoms with Crippen molar-refractivity contribution >= 4 is 29.4 Å². The molecule has 0 atom stereocenters. The third-order valence-corrected chi connectivity index (χ3v) is 2.96. The van der Waals surface area contributed by atoms with Crippen LogP contribution in [-0.2, 0) is 9.53 Å². The van der Waals surface area contributed by atoms with Crippen LogP contribution in [0, 0.1) is 0 Å². The Morgan fingerprint density at radius 2 is 2.28 bits per heavy atom. The van der Waals surface area contributed by atoms with Crippen LogP contribution in [0.1, 0.15) is 0 Å². The first-order chi connectivity index (χ1) is 8.56. The number of benzene rings is 1. The van der Waals surface area contributed by atoms with E-state index in [1.807, 2.05) is 0 Å². The van der Waals surface area contributed by atoms with Crippen LogP contribution in [-0.4, -0.2) is 36.2 Å². The standard InChI is InChI=1S/C11H10F2N2O2S/c1-15-9(16)6-17-11(15)14-7-3-2-4-8(5-7)18-10(12)13/h2-5,10H,6H2,1H3. The molecule has 18 heavy (non-hydrogen) atoms. The Bertz CT molecular complexity index is 494. The number of carbonyl (C=O) groups excluding carboxylic acids is 1. The summed E-state index contributed by atoms with van der Waals surface area (Å²) >= 11 is 0.448. The fourth-order valence-electron chi connectivity index (χ4n) is 1.37. The molecule has 1 aliphatic heterocycles. The molecule has 1 aliphatic rings. The largest absolute Gasteiger partial charge is 0.454 e. The second-order valence-corrected chi connectivity index (χ2v) is 4.58. The molecule has 0 N–H and O–H groups in total. The van der Waals surface area contributed by atoms with Crippen molar-refractivity contribution in [2.45, 2.75) is 10.7 Å². The number of thioether (sulfide) groups is 1. The average molecular weight is 272 g/mol. The van der Waals surface area contributed by atoms with Gasteiger partial charge in [-0.3, -0.25) is 9.69 Å². The molecule has 0 unspecified atom stereocenters. The van der Waals surface area contributed by atoms with Crippen LogP contribution in [0.25, 0.3) is 0 Å². The average Bonchev–Trinajstić information content (AvgIpc) is 2.61. The van der Waals surface area contributed by atoms with Gasteiger partial charge >= 0.3 is 0 Å². The van der Waals surface area contributed by atoms with Crippen molar-refractivity contribution in [1.29, 1.82) is 0 Å². The van der Waals surface area contributed by atoms with Crippen molar-refractivity contribution in [3.05, 3.63) is 24.3 Å². The van der Waals surface area contributed by atoms with Gasteiger partial charge in [0.05, 0.1) is 5.69 Å². The summed E-state index contributed by atoms with van der Waals surface area (Å²) in [7, 11) is 1.55. The van der Waals surface area contributed by atoms with E-state index in [1.165, 1.54) is 11.0 Å². The number of hydrogen-bond donors (Lipinski definition) is 0. The summed E-state index contributed by atoms with van der Waals surface area (Å²) in [5.74, 6) is -2.66. The molecule has 1 amide bonds. The molecular weight excluding hydrogens is 262 g/mol. The number of hydrogen-bond acceptors (Lipinski definition) is 4. The minimum Gasteiger partial charge on any atom is -0.454 e. The van der Waals surface area contributed by atoms with Crippen LogP contribution in [0.5, 0.6) is 0 Å². The van der Waals surface area contributed by atoms with E-state index in [1.54, 1.807) is 25.2 Å². The third-order valence-electron chi connectivity index (χ3n) is 2.25. The lowest BCUT2D eigenvalue weighted by atomic mass is 10.3. The van der Waals surface area contributed by atoms with Crippen LogP contribution < -0.4 is 0 Å². The zero-order chi connectivity index (χ0) is 13.1. The fraction of sp³-hybridized carbons (Fsp3) is 0.273. The van der Waals surface area contributed by atoms with Gasteiger partial charge in [0.2, 0.25) is 0 Å². The second kappa shape index (κ2) is 5.34.